The molecule has 12 heavy (non-hydrogen) atoms. The molecule has 2 N–H and O–H groups in total. The van der Waals surface area contributed by atoms with Crippen LogP contribution in [0.1, 0.15) is 12.8 Å². The second-order valence-corrected chi connectivity index (χ2v) is 3.67. The lowest BCUT2D eigenvalue weighted by Gasteiger charge is -2.17. The van der Waals surface area contributed by atoms with Gasteiger partial charge in [0.25, 0.3) is 0 Å². The molecule has 0 aliphatic carbocycles. The fourth-order valence-electron chi connectivity index (χ4n) is 1.65. The van der Waals surface area contributed by atoms with E-state index in [4.69, 9.17) is 5.11 Å². The molecule has 0 aromatic carbocycles. The number of likely N-dealkylation sites (N-methyl/N-ethyl adjacent to an activating group) is 1. The molecule has 1 saturated heterocycles. The molecular formula is C9H20N2O. The summed E-state index contributed by atoms with van der Waals surface area (Å²) in [6, 6.07) is 0. The fraction of sp³-hybridized carbons (Fsp3) is 1.00. The van der Waals surface area contributed by atoms with Crippen molar-refractivity contribution in [3.8, 4) is 0 Å². The van der Waals surface area contributed by atoms with E-state index in [-0.39, 0.29) is 6.61 Å². The summed E-state index contributed by atoms with van der Waals surface area (Å²) < 4.78 is 0. The lowest BCUT2D eigenvalue weighted by Crippen LogP contribution is -2.25. The van der Waals surface area contributed by atoms with Crippen molar-refractivity contribution in [1.82, 2.24) is 10.2 Å². The number of hydrogen-bond acceptors (Lipinski definition) is 3. The van der Waals surface area contributed by atoms with E-state index in [2.05, 4.69) is 17.3 Å². The Morgan fingerprint density at radius 1 is 1.50 bits per heavy atom. The third-order valence-corrected chi connectivity index (χ3v) is 2.56. The molecule has 3 nitrogen and oxygen atoms in total. The van der Waals surface area contributed by atoms with Crippen LogP contribution in [0.4, 0.5) is 0 Å². The maximum atomic E-state index is 8.67. The summed E-state index contributed by atoms with van der Waals surface area (Å²) in [5.74, 6) is 0.867. The molecular weight excluding hydrogens is 152 g/mol. The zero-order valence-electron chi connectivity index (χ0n) is 7.92. The third-order valence-electron chi connectivity index (χ3n) is 2.56. The number of aliphatic hydroxyl groups excluding tert-OH is 1. The highest BCUT2D eigenvalue weighted by molar-refractivity contribution is 4.71. The normalized spacial score (nSPS) is 23.8. The standard InChI is InChI=1S/C9H20N2O/c1-11(6-7-12)5-3-9-2-4-10-8-9/h9-10,12H,2-8H2,1H3. The molecule has 3 heteroatoms. The molecule has 0 aromatic rings. The van der Waals surface area contributed by atoms with Gasteiger partial charge in [0, 0.05) is 6.54 Å². The van der Waals surface area contributed by atoms with Crippen LogP contribution >= 0.6 is 0 Å². The molecule has 1 aliphatic rings. The Morgan fingerprint density at radius 3 is 2.92 bits per heavy atom. The first-order valence-corrected chi connectivity index (χ1v) is 4.83. The van der Waals surface area contributed by atoms with Crippen LogP contribution in [-0.2, 0) is 0 Å². The van der Waals surface area contributed by atoms with Gasteiger partial charge in [-0.2, -0.15) is 0 Å². The van der Waals surface area contributed by atoms with Crippen molar-refractivity contribution >= 4 is 0 Å². The van der Waals surface area contributed by atoms with Gasteiger partial charge in [-0.25, -0.2) is 0 Å². The van der Waals surface area contributed by atoms with Crippen molar-refractivity contribution in [3.05, 3.63) is 0 Å². The first-order chi connectivity index (χ1) is 5.83. The predicted octanol–water partition coefficient (Wildman–Crippen LogP) is -0.0899. The van der Waals surface area contributed by atoms with E-state index in [1.807, 2.05) is 0 Å². The van der Waals surface area contributed by atoms with Crippen LogP contribution in [0.2, 0.25) is 0 Å². The Hall–Kier alpha value is -0.120. The number of hydrogen-bond donors (Lipinski definition) is 2. The average Bonchev–Trinajstić information content (AvgIpc) is 2.53. The molecule has 0 spiro atoms. The zero-order valence-corrected chi connectivity index (χ0v) is 7.92. The van der Waals surface area contributed by atoms with Gasteiger partial charge in [-0.1, -0.05) is 0 Å². The number of nitrogens with one attached hydrogen (secondary N) is 1. The molecule has 0 amide bonds. The lowest BCUT2D eigenvalue weighted by molar-refractivity contribution is 0.214. The van der Waals surface area contributed by atoms with Crippen LogP contribution in [-0.4, -0.2) is 49.8 Å². The van der Waals surface area contributed by atoms with E-state index in [1.54, 1.807) is 0 Å². The second-order valence-electron chi connectivity index (χ2n) is 3.67. The molecule has 1 aliphatic heterocycles. The van der Waals surface area contributed by atoms with Gasteiger partial charge in [0.1, 0.15) is 0 Å². The van der Waals surface area contributed by atoms with Crippen molar-refractivity contribution in [2.45, 2.75) is 12.8 Å². The molecule has 1 fully saturated rings. The highest BCUT2D eigenvalue weighted by atomic mass is 16.3. The molecule has 1 unspecified atom stereocenters. The topological polar surface area (TPSA) is 35.5 Å². The summed E-state index contributed by atoms with van der Waals surface area (Å²) in [5, 5.41) is 12.0. The summed E-state index contributed by atoms with van der Waals surface area (Å²) >= 11 is 0. The van der Waals surface area contributed by atoms with Gasteiger partial charge in [0.15, 0.2) is 0 Å². The van der Waals surface area contributed by atoms with E-state index >= 15 is 0 Å². The summed E-state index contributed by atoms with van der Waals surface area (Å²) in [6.07, 6.45) is 2.59. The lowest BCUT2D eigenvalue weighted by atomic mass is 10.1. The molecule has 72 valence electrons. The minimum absolute atomic E-state index is 0.277. The first-order valence-electron chi connectivity index (χ1n) is 4.83. The van der Waals surface area contributed by atoms with Crippen LogP contribution < -0.4 is 5.32 Å². The highest BCUT2D eigenvalue weighted by Gasteiger charge is 2.14. The van der Waals surface area contributed by atoms with Gasteiger partial charge in [-0.15, -0.1) is 0 Å². The molecule has 0 bridgehead atoms. The zero-order chi connectivity index (χ0) is 8.81. The maximum absolute atomic E-state index is 8.67. The van der Waals surface area contributed by atoms with Crippen molar-refractivity contribution in [2.75, 3.05) is 39.8 Å². The number of rotatable bonds is 5. The van der Waals surface area contributed by atoms with Crippen molar-refractivity contribution < 1.29 is 5.11 Å². The van der Waals surface area contributed by atoms with Gasteiger partial charge in [-0.3, -0.25) is 0 Å². The van der Waals surface area contributed by atoms with E-state index < -0.39 is 0 Å². The van der Waals surface area contributed by atoms with Crippen molar-refractivity contribution in [3.63, 3.8) is 0 Å². The predicted molar refractivity (Wildman–Crippen MR) is 50.2 cm³/mol. The van der Waals surface area contributed by atoms with Crippen LogP contribution in [0.3, 0.4) is 0 Å². The molecule has 0 radical (unpaired) electrons. The summed E-state index contributed by atoms with van der Waals surface area (Å²) in [4.78, 5) is 2.19. The summed E-state index contributed by atoms with van der Waals surface area (Å²) in [6.45, 7) is 4.58. The highest BCUT2D eigenvalue weighted by Crippen LogP contribution is 2.11. The van der Waals surface area contributed by atoms with Gasteiger partial charge >= 0.3 is 0 Å². The van der Waals surface area contributed by atoms with Gasteiger partial charge in [-0.05, 0) is 45.4 Å². The minimum atomic E-state index is 0.277. The van der Waals surface area contributed by atoms with E-state index in [1.165, 1.54) is 25.9 Å². The Kier molecular flexibility index (Phi) is 4.58. The molecule has 1 rings (SSSR count). The SMILES string of the molecule is CN(CCO)CCC1CCNC1. The fourth-order valence-corrected chi connectivity index (χ4v) is 1.65. The largest absolute Gasteiger partial charge is 0.395 e. The van der Waals surface area contributed by atoms with Crippen LogP contribution in [0, 0.1) is 5.92 Å². The summed E-state index contributed by atoms with van der Waals surface area (Å²) in [7, 11) is 2.07. The Balaban J connectivity index is 1.99. The van der Waals surface area contributed by atoms with Crippen LogP contribution in [0.5, 0.6) is 0 Å². The first kappa shape index (κ1) is 9.96. The molecule has 1 atom stereocenters. The maximum Gasteiger partial charge on any atom is 0.0558 e. The number of nitrogens with zero attached hydrogens (tertiary/aromatic N) is 1. The molecule has 1 heterocycles. The van der Waals surface area contributed by atoms with E-state index in [0.717, 1.165) is 19.0 Å². The Labute approximate surface area is 74.8 Å². The minimum Gasteiger partial charge on any atom is -0.395 e. The molecule has 0 saturated carbocycles. The van der Waals surface area contributed by atoms with Crippen molar-refractivity contribution in [2.24, 2.45) is 5.92 Å². The van der Waals surface area contributed by atoms with E-state index in [0.29, 0.717) is 0 Å². The van der Waals surface area contributed by atoms with Gasteiger partial charge in [0.2, 0.25) is 0 Å². The van der Waals surface area contributed by atoms with Gasteiger partial charge in [0.05, 0.1) is 6.61 Å². The summed E-state index contributed by atoms with van der Waals surface area (Å²) in [5.41, 5.74) is 0. The Morgan fingerprint density at radius 2 is 2.33 bits per heavy atom. The monoisotopic (exact) mass is 172 g/mol. The average molecular weight is 172 g/mol. The van der Waals surface area contributed by atoms with Crippen LogP contribution in [0.15, 0.2) is 0 Å². The van der Waals surface area contributed by atoms with E-state index in [9.17, 15) is 0 Å². The van der Waals surface area contributed by atoms with Crippen molar-refractivity contribution in [1.29, 1.82) is 0 Å². The van der Waals surface area contributed by atoms with Gasteiger partial charge < -0.3 is 15.3 Å². The number of aliphatic hydroxyl groups is 1. The smallest absolute Gasteiger partial charge is 0.0558 e. The Bertz CT molecular complexity index is 113. The molecule has 0 aromatic heterocycles. The quantitative estimate of drug-likeness (QED) is 0.608. The van der Waals surface area contributed by atoms with Crippen LogP contribution in [0.25, 0.3) is 0 Å². The third kappa shape index (κ3) is 3.52. The second kappa shape index (κ2) is 5.51.